The lowest BCUT2D eigenvalue weighted by Crippen LogP contribution is -2.44. The highest BCUT2D eigenvalue weighted by Crippen LogP contribution is 2.38. The van der Waals surface area contributed by atoms with Gasteiger partial charge in [-0.25, -0.2) is 0 Å². The first-order chi connectivity index (χ1) is 12.4. The SMILES string of the molecule is CCC(=O)NC(CNC(=O)C1CC(C)CCC1C(C)C)c1ccccc1. The maximum Gasteiger partial charge on any atom is 0.223 e. The van der Waals surface area contributed by atoms with Gasteiger partial charge in [0, 0.05) is 18.9 Å². The summed E-state index contributed by atoms with van der Waals surface area (Å²) in [7, 11) is 0. The molecule has 4 heteroatoms. The van der Waals surface area contributed by atoms with E-state index in [0.717, 1.165) is 18.4 Å². The highest BCUT2D eigenvalue weighted by atomic mass is 16.2. The van der Waals surface area contributed by atoms with Crippen molar-refractivity contribution in [2.24, 2.45) is 23.7 Å². The lowest BCUT2D eigenvalue weighted by atomic mass is 9.70. The molecule has 1 aromatic rings. The van der Waals surface area contributed by atoms with Gasteiger partial charge >= 0.3 is 0 Å². The fraction of sp³-hybridized carbons (Fsp3) is 0.636. The molecule has 1 aromatic carbocycles. The molecule has 0 aromatic heterocycles. The van der Waals surface area contributed by atoms with Gasteiger partial charge in [-0.2, -0.15) is 0 Å². The second-order valence-corrected chi connectivity index (χ2v) is 8.06. The average molecular weight is 359 g/mol. The van der Waals surface area contributed by atoms with Crippen LogP contribution in [0.3, 0.4) is 0 Å². The number of benzene rings is 1. The zero-order chi connectivity index (χ0) is 19.1. The van der Waals surface area contributed by atoms with Crippen molar-refractivity contribution < 1.29 is 9.59 Å². The molecule has 4 nitrogen and oxygen atoms in total. The molecule has 26 heavy (non-hydrogen) atoms. The molecule has 0 spiro atoms. The molecule has 0 heterocycles. The Balaban J connectivity index is 2.04. The summed E-state index contributed by atoms with van der Waals surface area (Å²) in [6, 6.07) is 9.67. The van der Waals surface area contributed by atoms with E-state index in [2.05, 4.69) is 31.4 Å². The van der Waals surface area contributed by atoms with Crippen LogP contribution < -0.4 is 10.6 Å². The van der Waals surface area contributed by atoms with E-state index in [9.17, 15) is 9.59 Å². The number of carbonyl (C=O) groups excluding carboxylic acids is 2. The van der Waals surface area contributed by atoms with Crippen LogP contribution in [0.4, 0.5) is 0 Å². The van der Waals surface area contributed by atoms with Gasteiger partial charge in [0.05, 0.1) is 6.04 Å². The Morgan fingerprint density at radius 1 is 1.15 bits per heavy atom. The van der Waals surface area contributed by atoms with E-state index < -0.39 is 0 Å². The summed E-state index contributed by atoms with van der Waals surface area (Å²) in [5.74, 6) is 1.79. The third-order valence-corrected chi connectivity index (χ3v) is 5.70. The molecule has 2 rings (SSSR count). The van der Waals surface area contributed by atoms with Crippen molar-refractivity contribution in [2.45, 2.75) is 59.4 Å². The molecule has 1 aliphatic carbocycles. The minimum atomic E-state index is -0.189. The Labute approximate surface area is 158 Å². The maximum atomic E-state index is 12.9. The van der Waals surface area contributed by atoms with Gasteiger partial charge in [0.2, 0.25) is 11.8 Å². The zero-order valence-corrected chi connectivity index (χ0v) is 16.6. The predicted molar refractivity (Wildman–Crippen MR) is 105 cm³/mol. The first-order valence-electron chi connectivity index (χ1n) is 10.0. The largest absolute Gasteiger partial charge is 0.353 e. The van der Waals surface area contributed by atoms with Gasteiger partial charge in [0.1, 0.15) is 0 Å². The molecule has 4 unspecified atom stereocenters. The smallest absolute Gasteiger partial charge is 0.223 e. The average Bonchev–Trinajstić information content (AvgIpc) is 2.64. The van der Waals surface area contributed by atoms with E-state index in [1.807, 2.05) is 37.3 Å². The van der Waals surface area contributed by atoms with Crippen molar-refractivity contribution in [1.82, 2.24) is 10.6 Å². The second-order valence-electron chi connectivity index (χ2n) is 8.06. The summed E-state index contributed by atoms with van der Waals surface area (Å²) in [6.07, 6.45) is 3.75. The van der Waals surface area contributed by atoms with Crippen LogP contribution in [-0.2, 0) is 9.59 Å². The molecule has 0 aliphatic heterocycles. The van der Waals surface area contributed by atoms with Crippen LogP contribution >= 0.6 is 0 Å². The molecule has 2 amide bonds. The zero-order valence-electron chi connectivity index (χ0n) is 16.6. The topological polar surface area (TPSA) is 58.2 Å². The van der Waals surface area contributed by atoms with Gasteiger partial charge in [-0.15, -0.1) is 0 Å². The molecule has 144 valence electrons. The summed E-state index contributed by atoms with van der Waals surface area (Å²) in [5.41, 5.74) is 1.02. The molecule has 1 aliphatic rings. The summed E-state index contributed by atoms with van der Waals surface area (Å²) in [6.45, 7) is 8.95. The van der Waals surface area contributed by atoms with Crippen LogP contribution in [-0.4, -0.2) is 18.4 Å². The number of amides is 2. The van der Waals surface area contributed by atoms with Crippen LogP contribution in [0.1, 0.15) is 65.0 Å². The van der Waals surface area contributed by atoms with E-state index in [4.69, 9.17) is 0 Å². The Kier molecular flexibility index (Phi) is 7.67. The highest BCUT2D eigenvalue weighted by molar-refractivity contribution is 5.79. The Morgan fingerprint density at radius 2 is 1.85 bits per heavy atom. The van der Waals surface area contributed by atoms with Crippen molar-refractivity contribution >= 4 is 11.8 Å². The number of carbonyl (C=O) groups is 2. The van der Waals surface area contributed by atoms with Crippen LogP contribution in [0.15, 0.2) is 30.3 Å². The second kappa shape index (κ2) is 9.75. The molecule has 1 fully saturated rings. The minimum Gasteiger partial charge on any atom is -0.353 e. The van der Waals surface area contributed by atoms with E-state index in [-0.39, 0.29) is 23.8 Å². The lowest BCUT2D eigenvalue weighted by molar-refractivity contribution is -0.129. The van der Waals surface area contributed by atoms with E-state index in [1.54, 1.807) is 0 Å². The summed E-state index contributed by atoms with van der Waals surface area (Å²) in [5, 5.41) is 6.16. The van der Waals surface area contributed by atoms with Gasteiger partial charge in [-0.3, -0.25) is 9.59 Å². The molecule has 4 atom stereocenters. The van der Waals surface area contributed by atoms with Gasteiger partial charge in [-0.05, 0) is 36.2 Å². The summed E-state index contributed by atoms with van der Waals surface area (Å²) < 4.78 is 0. The molecule has 1 saturated carbocycles. The van der Waals surface area contributed by atoms with E-state index in [0.29, 0.717) is 30.7 Å². The van der Waals surface area contributed by atoms with Crippen molar-refractivity contribution in [3.05, 3.63) is 35.9 Å². The number of hydrogen-bond acceptors (Lipinski definition) is 2. The Bertz CT molecular complexity index is 585. The molecule has 0 radical (unpaired) electrons. The maximum absolute atomic E-state index is 12.9. The third-order valence-electron chi connectivity index (χ3n) is 5.70. The highest BCUT2D eigenvalue weighted by Gasteiger charge is 2.35. The fourth-order valence-corrected chi connectivity index (χ4v) is 4.07. The fourth-order valence-electron chi connectivity index (χ4n) is 4.07. The molecular weight excluding hydrogens is 324 g/mol. The van der Waals surface area contributed by atoms with E-state index in [1.165, 1.54) is 6.42 Å². The van der Waals surface area contributed by atoms with Crippen molar-refractivity contribution in [3.8, 4) is 0 Å². The van der Waals surface area contributed by atoms with Gasteiger partial charge in [-0.1, -0.05) is 64.4 Å². The summed E-state index contributed by atoms with van der Waals surface area (Å²) in [4.78, 5) is 24.8. The minimum absolute atomic E-state index is 0.000511. The standard InChI is InChI=1S/C22H34N2O2/c1-5-21(25)24-20(17-9-7-6-8-10-17)14-23-22(26)19-13-16(4)11-12-18(19)15(2)3/h6-10,15-16,18-20H,5,11-14H2,1-4H3,(H,23,26)(H,24,25). The van der Waals surface area contributed by atoms with E-state index >= 15 is 0 Å². The number of nitrogens with one attached hydrogen (secondary N) is 2. The first-order valence-corrected chi connectivity index (χ1v) is 10.0. The van der Waals surface area contributed by atoms with Crippen molar-refractivity contribution in [2.75, 3.05) is 6.54 Å². The molecule has 0 saturated heterocycles. The van der Waals surface area contributed by atoms with Gasteiger partial charge in [0.15, 0.2) is 0 Å². The van der Waals surface area contributed by atoms with Gasteiger partial charge in [0.25, 0.3) is 0 Å². The Hall–Kier alpha value is -1.84. The van der Waals surface area contributed by atoms with Crippen LogP contribution in [0.5, 0.6) is 0 Å². The predicted octanol–water partition coefficient (Wildman–Crippen LogP) is 4.08. The molecule has 0 bridgehead atoms. The lowest BCUT2D eigenvalue weighted by Gasteiger charge is -2.36. The van der Waals surface area contributed by atoms with Crippen molar-refractivity contribution in [1.29, 1.82) is 0 Å². The van der Waals surface area contributed by atoms with Crippen LogP contribution in [0.2, 0.25) is 0 Å². The van der Waals surface area contributed by atoms with Crippen molar-refractivity contribution in [3.63, 3.8) is 0 Å². The van der Waals surface area contributed by atoms with Crippen LogP contribution in [0, 0.1) is 23.7 Å². The summed E-state index contributed by atoms with van der Waals surface area (Å²) >= 11 is 0. The molecular formula is C22H34N2O2. The monoisotopic (exact) mass is 358 g/mol. The third kappa shape index (κ3) is 5.58. The Morgan fingerprint density at radius 3 is 2.46 bits per heavy atom. The van der Waals surface area contributed by atoms with Gasteiger partial charge < -0.3 is 10.6 Å². The quantitative estimate of drug-likeness (QED) is 0.771. The normalized spacial score (nSPS) is 24.1. The number of hydrogen-bond donors (Lipinski definition) is 2. The molecule has 2 N–H and O–H groups in total. The number of rotatable bonds is 7. The first kappa shape index (κ1) is 20.5. The van der Waals surface area contributed by atoms with Crippen LogP contribution in [0.25, 0.3) is 0 Å².